The molecule has 1 aromatic carbocycles. The number of nitrogens with one attached hydrogen (secondary N) is 1. The van der Waals surface area contributed by atoms with Crippen LogP contribution in [0.15, 0.2) is 18.2 Å². The van der Waals surface area contributed by atoms with Gasteiger partial charge in [-0.2, -0.15) is 0 Å². The van der Waals surface area contributed by atoms with Gasteiger partial charge < -0.3 is 10.4 Å². The van der Waals surface area contributed by atoms with Gasteiger partial charge in [-0.25, -0.2) is 8.78 Å². The topological polar surface area (TPSA) is 49.3 Å². The molecule has 0 saturated heterocycles. The first-order valence-corrected chi connectivity index (χ1v) is 4.42. The number of hydrogen-bond acceptors (Lipinski definition) is 2. The van der Waals surface area contributed by atoms with E-state index in [-0.39, 0.29) is 6.54 Å². The standard InChI is InChI=1S/C10H11F2NO2/c1-6(14)5-13-10(15)9-7(11)3-2-4-8(9)12/h2-4,6,14H,5H2,1H3,(H,13,15)/t6-/m0/s1. The molecule has 0 aromatic heterocycles. The quantitative estimate of drug-likeness (QED) is 0.792. The highest BCUT2D eigenvalue weighted by Crippen LogP contribution is 2.11. The van der Waals surface area contributed by atoms with Crippen molar-refractivity contribution >= 4 is 5.91 Å². The number of aliphatic hydroxyl groups is 1. The fourth-order valence-corrected chi connectivity index (χ4v) is 1.04. The maximum atomic E-state index is 13.1. The van der Waals surface area contributed by atoms with Crippen LogP contribution >= 0.6 is 0 Å². The molecule has 0 aliphatic heterocycles. The number of carbonyl (C=O) groups excluding carboxylic acids is 1. The van der Waals surface area contributed by atoms with Crippen LogP contribution in [-0.2, 0) is 0 Å². The van der Waals surface area contributed by atoms with Gasteiger partial charge in [-0.1, -0.05) is 6.07 Å². The van der Waals surface area contributed by atoms with Gasteiger partial charge in [0.15, 0.2) is 0 Å². The molecule has 0 fully saturated rings. The molecule has 0 radical (unpaired) electrons. The zero-order valence-corrected chi connectivity index (χ0v) is 8.13. The van der Waals surface area contributed by atoms with Gasteiger partial charge in [0.05, 0.1) is 6.10 Å². The van der Waals surface area contributed by atoms with Crippen molar-refractivity contribution in [1.82, 2.24) is 5.32 Å². The van der Waals surface area contributed by atoms with Crippen molar-refractivity contribution in [2.45, 2.75) is 13.0 Å². The van der Waals surface area contributed by atoms with E-state index in [9.17, 15) is 13.6 Å². The van der Waals surface area contributed by atoms with Crippen LogP contribution in [0.3, 0.4) is 0 Å². The van der Waals surface area contributed by atoms with Crippen LogP contribution in [0.4, 0.5) is 8.78 Å². The highest BCUT2D eigenvalue weighted by atomic mass is 19.1. The summed E-state index contributed by atoms with van der Waals surface area (Å²) in [5.74, 6) is -2.71. The molecule has 2 N–H and O–H groups in total. The van der Waals surface area contributed by atoms with Crippen LogP contribution in [0.25, 0.3) is 0 Å². The van der Waals surface area contributed by atoms with Crippen LogP contribution < -0.4 is 5.32 Å². The van der Waals surface area contributed by atoms with Gasteiger partial charge >= 0.3 is 0 Å². The minimum absolute atomic E-state index is 0.0490. The van der Waals surface area contributed by atoms with E-state index in [2.05, 4.69) is 5.32 Å². The lowest BCUT2D eigenvalue weighted by Crippen LogP contribution is -2.31. The number of carbonyl (C=O) groups is 1. The Bertz CT molecular complexity index is 346. The summed E-state index contributed by atoms with van der Waals surface area (Å²) in [4.78, 5) is 11.3. The van der Waals surface area contributed by atoms with E-state index in [1.165, 1.54) is 13.0 Å². The van der Waals surface area contributed by atoms with Crippen LogP contribution in [0.2, 0.25) is 0 Å². The Hall–Kier alpha value is -1.49. The summed E-state index contributed by atoms with van der Waals surface area (Å²) in [6.45, 7) is 1.41. The van der Waals surface area contributed by atoms with Crippen LogP contribution in [0.1, 0.15) is 17.3 Å². The summed E-state index contributed by atoms with van der Waals surface area (Å²) in [7, 11) is 0. The minimum atomic E-state index is -0.918. The molecular weight excluding hydrogens is 204 g/mol. The molecule has 0 spiro atoms. The summed E-state index contributed by atoms with van der Waals surface area (Å²) in [5, 5.41) is 11.1. The van der Waals surface area contributed by atoms with E-state index in [0.29, 0.717) is 0 Å². The lowest BCUT2D eigenvalue weighted by Gasteiger charge is -2.08. The fourth-order valence-electron chi connectivity index (χ4n) is 1.04. The van der Waals surface area contributed by atoms with E-state index < -0.39 is 29.2 Å². The van der Waals surface area contributed by atoms with Gasteiger partial charge in [-0.15, -0.1) is 0 Å². The zero-order valence-electron chi connectivity index (χ0n) is 8.13. The molecule has 0 bridgehead atoms. The Morgan fingerprint density at radius 3 is 2.47 bits per heavy atom. The average molecular weight is 215 g/mol. The summed E-state index contributed by atoms with van der Waals surface area (Å²) in [5.41, 5.74) is -0.627. The van der Waals surface area contributed by atoms with E-state index >= 15 is 0 Å². The van der Waals surface area contributed by atoms with Crippen LogP contribution in [0.5, 0.6) is 0 Å². The Balaban J connectivity index is 2.82. The number of aliphatic hydroxyl groups excluding tert-OH is 1. The second-order valence-electron chi connectivity index (χ2n) is 3.16. The molecule has 0 aliphatic rings. The molecule has 1 rings (SSSR count). The molecule has 0 heterocycles. The second-order valence-corrected chi connectivity index (χ2v) is 3.16. The number of amides is 1. The van der Waals surface area contributed by atoms with Crippen LogP contribution in [0, 0.1) is 11.6 Å². The monoisotopic (exact) mass is 215 g/mol. The van der Waals surface area contributed by atoms with Gasteiger partial charge in [0.25, 0.3) is 5.91 Å². The third kappa shape index (κ3) is 2.99. The fraction of sp³-hybridized carbons (Fsp3) is 0.300. The third-order valence-corrected chi connectivity index (χ3v) is 1.75. The molecular formula is C10H11F2NO2. The molecule has 0 unspecified atom stereocenters. The Labute approximate surface area is 85.7 Å². The predicted molar refractivity (Wildman–Crippen MR) is 50.4 cm³/mol. The molecule has 15 heavy (non-hydrogen) atoms. The van der Waals surface area contributed by atoms with E-state index in [1.54, 1.807) is 0 Å². The highest BCUT2D eigenvalue weighted by Gasteiger charge is 2.16. The van der Waals surface area contributed by atoms with E-state index in [0.717, 1.165) is 12.1 Å². The van der Waals surface area contributed by atoms with Crippen molar-refractivity contribution in [2.75, 3.05) is 6.54 Å². The lowest BCUT2D eigenvalue weighted by atomic mass is 10.2. The number of benzene rings is 1. The van der Waals surface area contributed by atoms with E-state index in [4.69, 9.17) is 5.11 Å². The minimum Gasteiger partial charge on any atom is -0.392 e. The van der Waals surface area contributed by atoms with Gasteiger partial charge in [-0.3, -0.25) is 4.79 Å². The predicted octanol–water partition coefficient (Wildman–Crippen LogP) is 1.08. The summed E-state index contributed by atoms with van der Waals surface area (Å²) < 4.78 is 26.1. The molecule has 5 heteroatoms. The van der Waals surface area contributed by atoms with Gasteiger partial charge in [0.1, 0.15) is 17.2 Å². The SMILES string of the molecule is C[C@H](O)CNC(=O)c1c(F)cccc1F. The first-order chi connectivity index (χ1) is 7.02. The van der Waals surface area contributed by atoms with Crippen molar-refractivity contribution < 1.29 is 18.7 Å². The third-order valence-electron chi connectivity index (χ3n) is 1.75. The molecule has 82 valence electrons. The molecule has 0 saturated carbocycles. The van der Waals surface area contributed by atoms with Crippen molar-refractivity contribution in [3.05, 3.63) is 35.4 Å². The van der Waals surface area contributed by atoms with Gasteiger partial charge in [0.2, 0.25) is 0 Å². The Morgan fingerprint density at radius 2 is 2.00 bits per heavy atom. The van der Waals surface area contributed by atoms with Crippen LogP contribution in [-0.4, -0.2) is 23.7 Å². The molecule has 1 amide bonds. The second kappa shape index (κ2) is 4.84. The van der Waals surface area contributed by atoms with Gasteiger partial charge in [-0.05, 0) is 19.1 Å². The van der Waals surface area contributed by atoms with Crippen molar-refractivity contribution in [2.24, 2.45) is 0 Å². The average Bonchev–Trinajstić information content (AvgIpc) is 2.14. The maximum Gasteiger partial charge on any atom is 0.257 e. The first-order valence-electron chi connectivity index (χ1n) is 4.42. The molecule has 1 aromatic rings. The van der Waals surface area contributed by atoms with Crippen molar-refractivity contribution in [1.29, 1.82) is 0 Å². The van der Waals surface area contributed by atoms with Crippen molar-refractivity contribution in [3.8, 4) is 0 Å². The summed E-state index contributed by atoms with van der Waals surface area (Å²) >= 11 is 0. The summed E-state index contributed by atoms with van der Waals surface area (Å²) in [6.07, 6.45) is -0.760. The van der Waals surface area contributed by atoms with Crippen molar-refractivity contribution in [3.63, 3.8) is 0 Å². The lowest BCUT2D eigenvalue weighted by molar-refractivity contribution is 0.0915. The largest absolute Gasteiger partial charge is 0.392 e. The number of hydrogen-bond donors (Lipinski definition) is 2. The number of rotatable bonds is 3. The Kier molecular flexibility index (Phi) is 3.74. The maximum absolute atomic E-state index is 13.1. The number of halogens is 2. The zero-order chi connectivity index (χ0) is 11.4. The smallest absolute Gasteiger partial charge is 0.257 e. The summed E-state index contributed by atoms with van der Waals surface area (Å²) in [6, 6.07) is 3.18. The van der Waals surface area contributed by atoms with E-state index in [1.807, 2.05) is 0 Å². The molecule has 3 nitrogen and oxygen atoms in total. The first kappa shape index (κ1) is 11.6. The highest BCUT2D eigenvalue weighted by molar-refractivity contribution is 5.94. The Morgan fingerprint density at radius 1 is 1.47 bits per heavy atom. The molecule has 1 atom stereocenters. The van der Waals surface area contributed by atoms with Gasteiger partial charge in [0, 0.05) is 6.54 Å². The molecule has 0 aliphatic carbocycles. The normalized spacial score (nSPS) is 12.3.